The van der Waals surface area contributed by atoms with Crippen molar-refractivity contribution in [3.63, 3.8) is 0 Å². The molecule has 0 bridgehead atoms. The van der Waals surface area contributed by atoms with Crippen molar-refractivity contribution < 1.29 is 13.9 Å². The Labute approximate surface area is 188 Å². The van der Waals surface area contributed by atoms with Crippen LogP contribution >= 0.6 is 23.4 Å². The number of hydrogen-bond acceptors (Lipinski definition) is 5. The van der Waals surface area contributed by atoms with Crippen molar-refractivity contribution in [2.45, 2.75) is 5.16 Å². The first kappa shape index (κ1) is 21.2. The molecule has 8 heteroatoms. The molecular weight excluding hydrogens is 437 g/mol. The van der Waals surface area contributed by atoms with E-state index >= 15 is 0 Å². The number of hydrogen-bond donors (Lipinski definition) is 0. The molecule has 3 aromatic carbocycles. The van der Waals surface area contributed by atoms with Crippen molar-refractivity contribution in [1.29, 1.82) is 0 Å². The van der Waals surface area contributed by atoms with E-state index in [-0.39, 0.29) is 11.6 Å². The van der Waals surface area contributed by atoms with Crippen molar-refractivity contribution >= 4 is 23.4 Å². The molecule has 0 spiro atoms. The van der Waals surface area contributed by atoms with Gasteiger partial charge in [-0.3, -0.25) is 4.57 Å². The number of nitrogens with zero attached hydrogens (tertiary/aromatic N) is 3. The number of methoxy groups -OCH3 is 1. The highest BCUT2D eigenvalue weighted by molar-refractivity contribution is 7.99. The number of rotatable bonds is 8. The first-order valence-electron chi connectivity index (χ1n) is 9.52. The monoisotopic (exact) mass is 455 g/mol. The van der Waals surface area contributed by atoms with Gasteiger partial charge in [0, 0.05) is 11.3 Å². The fraction of sp³-hybridized carbons (Fsp3) is 0.130. The molecule has 0 amide bonds. The fourth-order valence-corrected chi connectivity index (χ4v) is 4.03. The van der Waals surface area contributed by atoms with Crippen molar-refractivity contribution in [2.75, 3.05) is 19.5 Å². The van der Waals surface area contributed by atoms with E-state index in [9.17, 15) is 4.39 Å². The highest BCUT2D eigenvalue weighted by Gasteiger charge is 2.17. The van der Waals surface area contributed by atoms with E-state index in [1.54, 1.807) is 25.3 Å². The van der Waals surface area contributed by atoms with Gasteiger partial charge < -0.3 is 9.47 Å². The van der Waals surface area contributed by atoms with Crippen molar-refractivity contribution in [1.82, 2.24) is 14.8 Å². The lowest BCUT2D eigenvalue weighted by atomic mass is 10.2. The van der Waals surface area contributed by atoms with Gasteiger partial charge in [-0.2, -0.15) is 0 Å². The van der Waals surface area contributed by atoms with Crippen LogP contribution in [0.3, 0.4) is 0 Å². The van der Waals surface area contributed by atoms with Gasteiger partial charge in [0.25, 0.3) is 0 Å². The average Bonchev–Trinajstić information content (AvgIpc) is 3.22. The van der Waals surface area contributed by atoms with Crippen molar-refractivity contribution in [3.8, 4) is 28.6 Å². The molecule has 0 atom stereocenters. The van der Waals surface area contributed by atoms with Gasteiger partial charge in [-0.25, -0.2) is 4.39 Å². The van der Waals surface area contributed by atoms with Crippen LogP contribution in [-0.4, -0.2) is 34.2 Å². The molecule has 0 aliphatic carbocycles. The maximum Gasteiger partial charge on any atom is 0.196 e. The Balaban J connectivity index is 1.59. The molecule has 5 nitrogen and oxygen atoms in total. The summed E-state index contributed by atoms with van der Waals surface area (Å²) < 4.78 is 26.5. The maximum atomic E-state index is 13.7. The molecule has 0 aliphatic heterocycles. The number of para-hydroxylation sites is 1. The molecule has 0 N–H and O–H groups in total. The van der Waals surface area contributed by atoms with Crippen LogP contribution in [0.5, 0.6) is 11.5 Å². The summed E-state index contributed by atoms with van der Waals surface area (Å²) in [6.07, 6.45) is 0. The van der Waals surface area contributed by atoms with E-state index in [0.717, 1.165) is 11.3 Å². The first-order chi connectivity index (χ1) is 15.2. The zero-order valence-corrected chi connectivity index (χ0v) is 18.2. The van der Waals surface area contributed by atoms with E-state index in [1.165, 1.54) is 17.8 Å². The van der Waals surface area contributed by atoms with Gasteiger partial charge in [0.15, 0.2) is 22.5 Å². The fourth-order valence-electron chi connectivity index (χ4n) is 3.01. The number of benzene rings is 3. The highest BCUT2D eigenvalue weighted by atomic mass is 35.5. The predicted octanol–water partition coefficient (Wildman–Crippen LogP) is 5.91. The molecule has 0 fully saturated rings. The highest BCUT2D eigenvalue weighted by Crippen LogP contribution is 2.32. The normalized spacial score (nSPS) is 10.8. The average molecular weight is 456 g/mol. The number of ether oxygens (including phenoxy) is 2. The minimum atomic E-state index is -0.380. The Bertz CT molecular complexity index is 1170. The summed E-state index contributed by atoms with van der Waals surface area (Å²) >= 11 is 7.83. The Kier molecular flexibility index (Phi) is 6.74. The third-order valence-corrected chi connectivity index (χ3v) is 5.66. The summed E-state index contributed by atoms with van der Waals surface area (Å²) in [5.74, 6) is 1.70. The van der Waals surface area contributed by atoms with Crippen LogP contribution in [0.1, 0.15) is 0 Å². The molecule has 4 rings (SSSR count). The van der Waals surface area contributed by atoms with Gasteiger partial charge in [-0.05, 0) is 30.3 Å². The van der Waals surface area contributed by atoms with Crippen LogP contribution < -0.4 is 9.47 Å². The summed E-state index contributed by atoms with van der Waals surface area (Å²) in [6.45, 7) is 0.322. The molecule has 158 valence electrons. The summed E-state index contributed by atoms with van der Waals surface area (Å²) in [4.78, 5) is 0. The van der Waals surface area contributed by atoms with Crippen LogP contribution in [0.15, 0.2) is 78.0 Å². The Hall–Kier alpha value is -3.03. The Morgan fingerprint density at radius 2 is 1.74 bits per heavy atom. The maximum absolute atomic E-state index is 13.7. The quantitative estimate of drug-likeness (QED) is 0.244. The van der Waals surface area contributed by atoms with Gasteiger partial charge >= 0.3 is 0 Å². The lowest BCUT2D eigenvalue weighted by Gasteiger charge is -2.12. The smallest absolute Gasteiger partial charge is 0.196 e. The summed E-state index contributed by atoms with van der Waals surface area (Å²) in [6, 6.07) is 21.7. The van der Waals surface area contributed by atoms with Crippen LogP contribution in [0.4, 0.5) is 4.39 Å². The minimum absolute atomic E-state index is 0.233. The molecular formula is C23H19ClFN3O2S. The van der Waals surface area contributed by atoms with Gasteiger partial charge in [0.1, 0.15) is 5.75 Å². The van der Waals surface area contributed by atoms with Gasteiger partial charge in [0.2, 0.25) is 0 Å². The number of halogens is 2. The second kappa shape index (κ2) is 9.85. The summed E-state index contributed by atoms with van der Waals surface area (Å²) in [5.41, 5.74) is 1.74. The van der Waals surface area contributed by atoms with Crippen molar-refractivity contribution in [2.24, 2.45) is 0 Å². The molecule has 31 heavy (non-hydrogen) atoms. The molecule has 1 aromatic heterocycles. The molecule has 0 saturated heterocycles. The lowest BCUT2D eigenvalue weighted by Crippen LogP contribution is -2.04. The van der Waals surface area contributed by atoms with E-state index in [2.05, 4.69) is 10.2 Å². The SMILES string of the molecule is COc1ccc(-n2c(SCCOc3ccccc3F)nnc2-c2ccccc2)cc1Cl. The number of aromatic nitrogens is 3. The van der Waals surface area contributed by atoms with E-state index < -0.39 is 0 Å². The van der Waals surface area contributed by atoms with Crippen molar-refractivity contribution in [3.05, 3.63) is 83.6 Å². The third kappa shape index (κ3) is 4.84. The topological polar surface area (TPSA) is 49.2 Å². The van der Waals surface area contributed by atoms with Crippen LogP contribution in [0.2, 0.25) is 5.02 Å². The summed E-state index contributed by atoms with van der Waals surface area (Å²) in [5, 5.41) is 9.95. The van der Waals surface area contributed by atoms with Crippen LogP contribution in [-0.2, 0) is 0 Å². The van der Waals surface area contributed by atoms with E-state index in [4.69, 9.17) is 21.1 Å². The zero-order chi connectivity index (χ0) is 21.6. The van der Waals surface area contributed by atoms with Gasteiger partial charge in [-0.1, -0.05) is 65.8 Å². The predicted molar refractivity (Wildman–Crippen MR) is 121 cm³/mol. The Morgan fingerprint density at radius 1 is 0.968 bits per heavy atom. The molecule has 4 aromatic rings. The van der Waals surface area contributed by atoms with Crippen LogP contribution in [0.25, 0.3) is 17.1 Å². The second-order valence-electron chi connectivity index (χ2n) is 6.45. The minimum Gasteiger partial charge on any atom is -0.495 e. The third-order valence-electron chi connectivity index (χ3n) is 4.47. The standard InChI is InChI=1S/C23H19ClFN3O2S/c1-29-20-12-11-17(15-18(20)24)28-22(16-7-3-2-4-8-16)26-27-23(28)31-14-13-30-21-10-6-5-9-19(21)25/h2-12,15H,13-14H2,1H3. The second-order valence-corrected chi connectivity index (χ2v) is 7.92. The zero-order valence-electron chi connectivity index (χ0n) is 16.7. The number of thioether (sulfide) groups is 1. The molecule has 0 saturated carbocycles. The first-order valence-corrected chi connectivity index (χ1v) is 10.9. The Morgan fingerprint density at radius 3 is 2.48 bits per heavy atom. The van der Waals surface area contributed by atoms with Gasteiger partial charge in [0.05, 0.1) is 24.4 Å². The van der Waals surface area contributed by atoms with Crippen LogP contribution in [0, 0.1) is 5.82 Å². The van der Waals surface area contributed by atoms with E-state index in [0.29, 0.717) is 34.1 Å². The molecule has 0 unspecified atom stereocenters. The summed E-state index contributed by atoms with van der Waals surface area (Å²) in [7, 11) is 1.58. The molecule has 0 aliphatic rings. The molecule has 0 radical (unpaired) electrons. The van der Waals surface area contributed by atoms with E-state index in [1.807, 2.05) is 53.1 Å². The molecule has 1 heterocycles. The van der Waals surface area contributed by atoms with Gasteiger partial charge in [-0.15, -0.1) is 10.2 Å². The lowest BCUT2D eigenvalue weighted by molar-refractivity contribution is 0.325. The largest absolute Gasteiger partial charge is 0.495 e.